The summed E-state index contributed by atoms with van der Waals surface area (Å²) < 4.78 is 0. The van der Waals surface area contributed by atoms with Crippen LogP contribution in [-0.2, 0) is 22.4 Å². The first-order valence-electron chi connectivity index (χ1n) is 17.1. The third-order valence-corrected chi connectivity index (χ3v) is 9.41. The average Bonchev–Trinajstić information content (AvgIpc) is 2.99. The van der Waals surface area contributed by atoms with Crippen LogP contribution < -0.4 is 22.5 Å². The number of nitrogens with two attached hydrogens (primary N) is 3. The molecule has 2 aromatic rings. The summed E-state index contributed by atoms with van der Waals surface area (Å²) in [6.45, 7) is 16.1. The lowest BCUT2D eigenvalue weighted by molar-refractivity contribution is -0.149. The lowest BCUT2D eigenvalue weighted by atomic mass is 9.92. The highest BCUT2D eigenvalue weighted by atomic mass is 16.2. The Morgan fingerprint density at radius 2 is 1.27 bits per heavy atom. The molecule has 0 unspecified atom stereocenters. The number of benzene rings is 2. The molecular weight excluding hydrogens is 560 g/mol. The normalized spacial score (nSPS) is 18.4. The Labute approximate surface area is 272 Å². The maximum atomic E-state index is 14.1. The van der Waals surface area contributed by atoms with E-state index in [0.29, 0.717) is 38.4 Å². The largest absolute Gasteiger partial charge is 0.335 e. The summed E-state index contributed by atoms with van der Waals surface area (Å²) in [4.78, 5) is 32.1. The zero-order valence-corrected chi connectivity index (χ0v) is 28.8. The predicted molar refractivity (Wildman–Crippen MR) is 186 cm³/mol. The Bertz CT molecular complexity index is 1250. The molecule has 8 nitrogen and oxygen atoms in total. The highest BCUT2D eigenvalue weighted by molar-refractivity contribution is 5.85. The van der Waals surface area contributed by atoms with Gasteiger partial charge < -0.3 is 32.3 Å². The van der Waals surface area contributed by atoms with Crippen molar-refractivity contribution in [1.29, 1.82) is 0 Å². The van der Waals surface area contributed by atoms with E-state index < -0.39 is 12.1 Å². The van der Waals surface area contributed by atoms with Gasteiger partial charge in [-0.25, -0.2) is 0 Å². The van der Waals surface area contributed by atoms with Gasteiger partial charge in [-0.15, -0.1) is 0 Å². The molecule has 1 aliphatic heterocycles. The van der Waals surface area contributed by atoms with E-state index in [2.05, 4.69) is 83.3 Å². The number of nitrogens with one attached hydrogen (secondary N) is 1. The topological polar surface area (TPSA) is 131 Å². The Morgan fingerprint density at radius 1 is 0.756 bits per heavy atom. The number of aryl methyl sites for hydroxylation is 4. The summed E-state index contributed by atoms with van der Waals surface area (Å²) in [6, 6.07) is 11.1. The standard InChI is InChI=1S/C37H60N6O2/c1-25(2)18-33-24-42(36(44)34(39)21-30-13-11-26(3)28(5)19-30)32(10-8-7-9-16-41-17-15-38)23-43(33)37(45)35(40)22-31-14-12-27(4)29(6)20-31/h11-14,19-20,25,32-35,41H,7-10,15-18,21-24,38-40H2,1-6H3/t32-,33+,34+,35+/m0/s1. The van der Waals surface area contributed by atoms with E-state index in [1.807, 2.05) is 9.80 Å². The van der Waals surface area contributed by atoms with Gasteiger partial charge in [-0.2, -0.15) is 0 Å². The third kappa shape index (κ3) is 10.9. The zero-order chi connectivity index (χ0) is 33.1. The van der Waals surface area contributed by atoms with E-state index in [0.717, 1.165) is 56.3 Å². The van der Waals surface area contributed by atoms with Gasteiger partial charge in [-0.05, 0) is 106 Å². The fourth-order valence-electron chi connectivity index (χ4n) is 6.49. The molecule has 0 saturated carbocycles. The van der Waals surface area contributed by atoms with Gasteiger partial charge in [0.1, 0.15) is 0 Å². The maximum absolute atomic E-state index is 14.1. The van der Waals surface area contributed by atoms with Crippen LogP contribution >= 0.6 is 0 Å². The summed E-state index contributed by atoms with van der Waals surface area (Å²) >= 11 is 0. The number of rotatable bonds is 16. The first kappa shape index (κ1) is 36.7. The van der Waals surface area contributed by atoms with Crippen molar-refractivity contribution in [3.63, 3.8) is 0 Å². The lowest BCUT2D eigenvalue weighted by Gasteiger charge is -2.48. The van der Waals surface area contributed by atoms with Crippen LogP contribution in [-0.4, -0.2) is 78.5 Å². The number of nitrogens with zero attached hydrogens (tertiary/aromatic N) is 2. The Balaban J connectivity index is 1.80. The second-order valence-electron chi connectivity index (χ2n) is 13.8. The van der Waals surface area contributed by atoms with Gasteiger partial charge in [0, 0.05) is 38.3 Å². The van der Waals surface area contributed by atoms with Crippen LogP contribution in [0.5, 0.6) is 0 Å². The summed E-state index contributed by atoms with van der Waals surface area (Å²) in [5, 5.41) is 3.36. The van der Waals surface area contributed by atoms with E-state index in [-0.39, 0.29) is 23.9 Å². The molecule has 2 aromatic carbocycles. The van der Waals surface area contributed by atoms with Crippen molar-refractivity contribution in [3.8, 4) is 0 Å². The van der Waals surface area contributed by atoms with Crippen molar-refractivity contribution >= 4 is 11.8 Å². The Morgan fingerprint density at radius 3 is 1.76 bits per heavy atom. The van der Waals surface area contributed by atoms with Crippen molar-refractivity contribution in [1.82, 2.24) is 15.1 Å². The first-order valence-corrected chi connectivity index (χ1v) is 17.1. The van der Waals surface area contributed by atoms with Crippen molar-refractivity contribution < 1.29 is 9.59 Å². The van der Waals surface area contributed by atoms with Gasteiger partial charge >= 0.3 is 0 Å². The second-order valence-corrected chi connectivity index (χ2v) is 13.8. The molecular formula is C37H60N6O2. The van der Waals surface area contributed by atoms with Crippen LogP contribution in [0.3, 0.4) is 0 Å². The minimum Gasteiger partial charge on any atom is -0.335 e. The van der Waals surface area contributed by atoms with Gasteiger partial charge in [0.05, 0.1) is 12.1 Å². The summed E-state index contributed by atoms with van der Waals surface area (Å²) in [5.74, 6) is 0.310. The second kappa shape index (κ2) is 17.8. The number of piperazine rings is 1. The molecule has 1 saturated heterocycles. The number of carbonyl (C=O) groups excluding carboxylic acids is 2. The quantitative estimate of drug-likeness (QED) is 0.211. The highest BCUT2D eigenvalue weighted by Gasteiger charge is 2.40. The predicted octanol–water partition coefficient (Wildman–Crippen LogP) is 3.92. The molecule has 45 heavy (non-hydrogen) atoms. The van der Waals surface area contributed by atoms with Crippen LogP contribution in [0.25, 0.3) is 0 Å². The molecule has 0 radical (unpaired) electrons. The SMILES string of the molecule is Cc1ccc(C[C@@H](N)C(=O)N2C[C@H](CCCCCNCCN)N(C(=O)[C@H](N)Cc3ccc(C)c(C)c3)C[C@H]2CC(C)C)cc1C. The molecule has 250 valence electrons. The van der Waals surface area contributed by atoms with Crippen LogP contribution in [0.4, 0.5) is 0 Å². The molecule has 3 rings (SSSR count). The van der Waals surface area contributed by atoms with E-state index >= 15 is 0 Å². The molecule has 1 aliphatic rings. The number of hydrogen-bond donors (Lipinski definition) is 4. The fourth-order valence-corrected chi connectivity index (χ4v) is 6.49. The molecule has 0 bridgehead atoms. The minimum atomic E-state index is -0.635. The number of hydrogen-bond acceptors (Lipinski definition) is 6. The van der Waals surface area contributed by atoms with Crippen molar-refractivity contribution in [2.75, 3.05) is 32.7 Å². The van der Waals surface area contributed by atoms with Crippen molar-refractivity contribution in [2.24, 2.45) is 23.1 Å². The molecule has 7 N–H and O–H groups in total. The summed E-state index contributed by atoms with van der Waals surface area (Å²) in [7, 11) is 0. The zero-order valence-electron chi connectivity index (χ0n) is 28.8. The van der Waals surface area contributed by atoms with E-state index in [1.165, 1.54) is 22.3 Å². The molecule has 8 heteroatoms. The molecule has 2 amide bonds. The summed E-state index contributed by atoms with van der Waals surface area (Å²) in [6.07, 6.45) is 5.67. The Hall–Kier alpha value is -2.78. The van der Waals surface area contributed by atoms with Gasteiger partial charge in [-0.1, -0.05) is 63.1 Å². The molecule has 1 heterocycles. The molecule has 0 spiro atoms. The van der Waals surface area contributed by atoms with E-state index in [1.54, 1.807) is 0 Å². The van der Waals surface area contributed by atoms with Gasteiger partial charge in [0.15, 0.2) is 0 Å². The summed E-state index contributed by atoms with van der Waals surface area (Å²) in [5.41, 5.74) is 25.9. The van der Waals surface area contributed by atoms with Crippen molar-refractivity contribution in [3.05, 3.63) is 69.8 Å². The maximum Gasteiger partial charge on any atom is 0.240 e. The van der Waals surface area contributed by atoms with E-state index in [9.17, 15) is 9.59 Å². The Kier molecular flexibility index (Phi) is 14.5. The third-order valence-electron chi connectivity index (χ3n) is 9.41. The van der Waals surface area contributed by atoms with Crippen LogP contribution in [0.2, 0.25) is 0 Å². The molecule has 0 aliphatic carbocycles. The van der Waals surface area contributed by atoms with E-state index in [4.69, 9.17) is 17.2 Å². The van der Waals surface area contributed by atoms with Gasteiger partial charge in [0.25, 0.3) is 0 Å². The monoisotopic (exact) mass is 620 g/mol. The lowest BCUT2D eigenvalue weighted by Crippen LogP contribution is -2.65. The molecule has 0 aromatic heterocycles. The first-order chi connectivity index (χ1) is 21.4. The minimum absolute atomic E-state index is 0.0249. The number of carbonyl (C=O) groups is 2. The molecule has 4 atom stereocenters. The van der Waals surface area contributed by atoms with Crippen molar-refractivity contribution in [2.45, 2.75) is 111 Å². The van der Waals surface area contributed by atoms with Gasteiger partial charge in [-0.3, -0.25) is 9.59 Å². The molecule has 1 fully saturated rings. The fraction of sp³-hybridized carbons (Fsp3) is 0.622. The highest BCUT2D eigenvalue weighted by Crippen LogP contribution is 2.26. The van der Waals surface area contributed by atoms with Crippen LogP contribution in [0, 0.1) is 33.6 Å². The average molecular weight is 621 g/mol. The smallest absolute Gasteiger partial charge is 0.240 e. The van der Waals surface area contributed by atoms with Crippen LogP contribution in [0.1, 0.15) is 79.3 Å². The number of amides is 2. The van der Waals surface area contributed by atoms with Crippen LogP contribution in [0.15, 0.2) is 36.4 Å². The van der Waals surface area contributed by atoms with Gasteiger partial charge in [0.2, 0.25) is 11.8 Å². The number of unbranched alkanes of at least 4 members (excludes halogenated alkanes) is 2.